The number of nitrogens with zero attached hydrogens (tertiary/aromatic N) is 4. The lowest BCUT2D eigenvalue weighted by molar-refractivity contribution is 0.0701. The molecule has 154 valence electrons. The van der Waals surface area contributed by atoms with Crippen molar-refractivity contribution in [3.63, 3.8) is 0 Å². The monoisotopic (exact) mass is 394 g/mol. The first-order valence-corrected chi connectivity index (χ1v) is 11.0. The van der Waals surface area contributed by atoms with Crippen molar-refractivity contribution in [2.45, 2.75) is 64.3 Å². The van der Waals surface area contributed by atoms with E-state index < -0.39 is 0 Å². The number of carbonyl (C=O) groups is 1. The van der Waals surface area contributed by atoms with Gasteiger partial charge in [0.2, 0.25) is 0 Å². The number of aryl methyl sites for hydroxylation is 2. The Morgan fingerprint density at radius 2 is 2.03 bits per heavy atom. The number of furan rings is 1. The average Bonchev–Trinajstić information content (AvgIpc) is 3.08. The Hall–Kier alpha value is -2.21. The Kier molecular flexibility index (Phi) is 4.90. The second-order valence-corrected chi connectivity index (χ2v) is 8.92. The van der Waals surface area contributed by atoms with Gasteiger partial charge in [-0.2, -0.15) is 0 Å². The molecule has 0 bridgehead atoms. The SMILES string of the molecule is Cc1oc2c(c1C(=O)N1CCCC(c3ncc4c(n3)CCN(C)C4)C1)CCCC2. The van der Waals surface area contributed by atoms with Crippen molar-refractivity contribution in [2.75, 3.05) is 26.7 Å². The molecule has 0 spiro atoms. The summed E-state index contributed by atoms with van der Waals surface area (Å²) in [6.07, 6.45) is 9.26. The molecule has 1 atom stereocenters. The molecule has 6 heteroatoms. The first-order chi connectivity index (χ1) is 14.1. The fraction of sp³-hybridized carbons (Fsp3) is 0.609. The van der Waals surface area contributed by atoms with Gasteiger partial charge in [0.05, 0.1) is 5.56 Å². The zero-order valence-electron chi connectivity index (χ0n) is 17.5. The maximum Gasteiger partial charge on any atom is 0.257 e. The third kappa shape index (κ3) is 3.48. The maximum atomic E-state index is 13.4. The minimum atomic E-state index is 0.138. The predicted molar refractivity (Wildman–Crippen MR) is 110 cm³/mol. The predicted octanol–water partition coefficient (Wildman–Crippen LogP) is 3.26. The molecule has 0 saturated carbocycles. The molecule has 5 rings (SSSR count). The first kappa shape index (κ1) is 18.8. The van der Waals surface area contributed by atoms with E-state index in [1.54, 1.807) is 0 Å². The highest BCUT2D eigenvalue weighted by molar-refractivity contribution is 5.97. The number of amides is 1. The van der Waals surface area contributed by atoms with Gasteiger partial charge in [-0.25, -0.2) is 9.97 Å². The van der Waals surface area contributed by atoms with E-state index in [1.807, 2.05) is 18.0 Å². The Labute approximate surface area is 172 Å². The van der Waals surface area contributed by atoms with Crippen LogP contribution in [0.3, 0.4) is 0 Å². The third-order valence-corrected chi connectivity index (χ3v) is 6.78. The van der Waals surface area contributed by atoms with E-state index in [-0.39, 0.29) is 11.8 Å². The number of likely N-dealkylation sites (tertiary alicyclic amines) is 1. The zero-order chi connectivity index (χ0) is 20.0. The molecule has 1 unspecified atom stereocenters. The van der Waals surface area contributed by atoms with Gasteiger partial charge in [-0.15, -0.1) is 0 Å². The summed E-state index contributed by atoms with van der Waals surface area (Å²) in [5.74, 6) is 3.10. The summed E-state index contributed by atoms with van der Waals surface area (Å²) in [4.78, 5) is 27.4. The second kappa shape index (κ2) is 7.56. The van der Waals surface area contributed by atoms with Gasteiger partial charge in [0.15, 0.2) is 0 Å². The van der Waals surface area contributed by atoms with Gasteiger partial charge in [-0.3, -0.25) is 4.79 Å². The number of fused-ring (bicyclic) bond motifs is 2. The molecule has 1 amide bonds. The van der Waals surface area contributed by atoms with Crippen molar-refractivity contribution in [1.82, 2.24) is 19.8 Å². The lowest BCUT2D eigenvalue weighted by Crippen LogP contribution is -2.40. The van der Waals surface area contributed by atoms with Crippen LogP contribution >= 0.6 is 0 Å². The van der Waals surface area contributed by atoms with E-state index in [1.165, 1.54) is 11.3 Å². The molecule has 2 aliphatic heterocycles. The molecule has 0 N–H and O–H groups in total. The maximum absolute atomic E-state index is 13.4. The molecule has 0 aromatic carbocycles. The molecule has 1 fully saturated rings. The van der Waals surface area contributed by atoms with E-state index >= 15 is 0 Å². The first-order valence-electron chi connectivity index (χ1n) is 11.0. The average molecular weight is 395 g/mol. The van der Waals surface area contributed by atoms with Gasteiger partial charge in [0.25, 0.3) is 5.91 Å². The normalized spacial score (nSPS) is 22.3. The van der Waals surface area contributed by atoms with E-state index in [0.29, 0.717) is 6.54 Å². The van der Waals surface area contributed by atoms with Gasteiger partial charge in [-0.05, 0) is 46.1 Å². The number of hydrogen-bond acceptors (Lipinski definition) is 5. The van der Waals surface area contributed by atoms with Gasteiger partial charge < -0.3 is 14.2 Å². The molecule has 6 nitrogen and oxygen atoms in total. The standard InChI is InChI=1S/C23H30N4O2/c1-15-21(18-7-3-4-8-20(18)29-15)23(28)27-10-5-6-16(14-27)22-24-12-17-13-26(2)11-9-19(17)25-22/h12,16H,3-11,13-14H2,1-2H3. The minimum absolute atomic E-state index is 0.138. The summed E-state index contributed by atoms with van der Waals surface area (Å²) in [5, 5.41) is 0. The van der Waals surface area contributed by atoms with E-state index in [4.69, 9.17) is 14.4 Å². The number of aromatic nitrogens is 2. The van der Waals surface area contributed by atoms with E-state index in [9.17, 15) is 4.79 Å². The molecule has 0 radical (unpaired) electrons. The molecule has 1 aliphatic carbocycles. The molecule has 29 heavy (non-hydrogen) atoms. The largest absolute Gasteiger partial charge is 0.465 e. The Morgan fingerprint density at radius 1 is 1.17 bits per heavy atom. The number of hydrogen-bond donors (Lipinski definition) is 0. The fourth-order valence-corrected chi connectivity index (χ4v) is 5.18. The number of carbonyl (C=O) groups excluding carboxylic acids is 1. The summed E-state index contributed by atoms with van der Waals surface area (Å²) >= 11 is 0. The Bertz CT molecular complexity index is 935. The molecule has 4 heterocycles. The van der Waals surface area contributed by atoms with Crippen molar-refractivity contribution < 1.29 is 9.21 Å². The van der Waals surface area contributed by atoms with Crippen molar-refractivity contribution in [2.24, 2.45) is 0 Å². The number of rotatable bonds is 2. The van der Waals surface area contributed by atoms with Crippen molar-refractivity contribution in [3.8, 4) is 0 Å². The summed E-state index contributed by atoms with van der Waals surface area (Å²) < 4.78 is 5.96. The molecule has 3 aliphatic rings. The highest BCUT2D eigenvalue weighted by Crippen LogP contribution is 2.33. The second-order valence-electron chi connectivity index (χ2n) is 8.92. The van der Waals surface area contributed by atoms with Crippen LogP contribution in [0.15, 0.2) is 10.6 Å². The summed E-state index contributed by atoms with van der Waals surface area (Å²) in [6.45, 7) is 5.43. The highest BCUT2D eigenvalue weighted by Gasteiger charge is 2.32. The van der Waals surface area contributed by atoms with Crippen LogP contribution in [0, 0.1) is 6.92 Å². The lowest BCUT2D eigenvalue weighted by atomic mass is 9.92. The van der Waals surface area contributed by atoms with Crippen LogP contribution in [0.2, 0.25) is 0 Å². The van der Waals surface area contributed by atoms with Crippen molar-refractivity contribution >= 4 is 5.91 Å². The van der Waals surface area contributed by atoms with Crippen molar-refractivity contribution in [1.29, 1.82) is 0 Å². The van der Waals surface area contributed by atoms with Crippen LogP contribution in [0.1, 0.15) is 76.1 Å². The molecule has 2 aromatic heterocycles. The number of piperidine rings is 1. The quantitative estimate of drug-likeness (QED) is 0.782. The summed E-state index contributed by atoms with van der Waals surface area (Å²) in [5.41, 5.74) is 4.42. The molecular weight excluding hydrogens is 364 g/mol. The third-order valence-electron chi connectivity index (χ3n) is 6.78. The van der Waals surface area contributed by atoms with Crippen LogP contribution in [-0.4, -0.2) is 52.4 Å². The highest BCUT2D eigenvalue weighted by atomic mass is 16.3. The van der Waals surface area contributed by atoms with Crippen LogP contribution in [0.4, 0.5) is 0 Å². The van der Waals surface area contributed by atoms with Crippen molar-refractivity contribution in [3.05, 3.63) is 45.9 Å². The van der Waals surface area contributed by atoms with Gasteiger partial charge in [0, 0.05) is 68.0 Å². The van der Waals surface area contributed by atoms with Crippen LogP contribution in [0.5, 0.6) is 0 Å². The van der Waals surface area contributed by atoms with Crippen LogP contribution in [0.25, 0.3) is 0 Å². The molecule has 1 saturated heterocycles. The van der Waals surface area contributed by atoms with Gasteiger partial charge >= 0.3 is 0 Å². The fourth-order valence-electron chi connectivity index (χ4n) is 5.18. The summed E-state index contributed by atoms with van der Waals surface area (Å²) in [7, 11) is 2.14. The van der Waals surface area contributed by atoms with Crippen LogP contribution in [-0.2, 0) is 25.8 Å². The van der Waals surface area contributed by atoms with Crippen LogP contribution < -0.4 is 0 Å². The smallest absolute Gasteiger partial charge is 0.257 e. The topological polar surface area (TPSA) is 62.5 Å². The minimum Gasteiger partial charge on any atom is -0.465 e. The van der Waals surface area contributed by atoms with Gasteiger partial charge in [-0.1, -0.05) is 0 Å². The number of likely N-dealkylation sites (N-methyl/N-ethyl adjacent to an activating group) is 1. The summed E-state index contributed by atoms with van der Waals surface area (Å²) in [6, 6.07) is 0. The lowest BCUT2D eigenvalue weighted by Gasteiger charge is -2.33. The zero-order valence-corrected chi connectivity index (χ0v) is 17.5. The van der Waals surface area contributed by atoms with Gasteiger partial charge in [0.1, 0.15) is 17.3 Å². The van der Waals surface area contributed by atoms with E-state index in [0.717, 1.165) is 93.1 Å². The van der Waals surface area contributed by atoms with E-state index in [2.05, 4.69) is 11.9 Å². The Balaban J connectivity index is 1.36. The Morgan fingerprint density at radius 3 is 2.93 bits per heavy atom. The molecule has 2 aromatic rings. The molecular formula is C23H30N4O2.